The normalized spacial score (nSPS) is 15.5. The quantitative estimate of drug-likeness (QED) is 0.870. The minimum atomic E-state index is -0.239. The van der Waals surface area contributed by atoms with Crippen molar-refractivity contribution in [2.24, 2.45) is 0 Å². The molecule has 1 aromatic carbocycles. The maximum Gasteiger partial charge on any atom is 0.244 e. The standard InChI is InChI=1S/C15H18N2O2S2/c1-15(2,3)10-4-6-11(7-5-10)16-12(18)8-17-13(19)9-21-14(17)20/h4-7H,8-9H2,1-3H3,(H,16,18). The number of hydrogen-bond donors (Lipinski definition) is 1. The van der Waals surface area contributed by atoms with Gasteiger partial charge in [-0.2, -0.15) is 0 Å². The summed E-state index contributed by atoms with van der Waals surface area (Å²) in [5.74, 6) is -0.0215. The Morgan fingerprint density at radius 2 is 1.95 bits per heavy atom. The van der Waals surface area contributed by atoms with Gasteiger partial charge in [-0.1, -0.05) is 56.9 Å². The number of amides is 2. The van der Waals surface area contributed by atoms with E-state index in [-0.39, 0.29) is 23.8 Å². The molecule has 4 nitrogen and oxygen atoms in total. The van der Waals surface area contributed by atoms with E-state index in [0.29, 0.717) is 10.1 Å². The number of nitrogens with one attached hydrogen (secondary N) is 1. The second kappa shape index (κ2) is 6.15. The minimum absolute atomic E-state index is 0.0221. The zero-order valence-corrected chi connectivity index (χ0v) is 13.9. The number of thioether (sulfide) groups is 1. The average Bonchev–Trinajstić information content (AvgIpc) is 2.70. The number of carbonyl (C=O) groups excluding carboxylic acids is 2. The van der Waals surface area contributed by atoms with Gasteiger partial charge in [0.1, 0.15) is 10.9 Å². The second-order valence-corrected chi connectivity index (χ2v) is 7.52. The molecule has 1 aliphatic rings. The monoisotopic (exact) mass is 322 g/mol. The molecule has 21 heavy (non-hydrogen) atoms. The Morgan fingerprint density at radius 3 is 2.43 bits per heavy atom. The van der Waals surface area contributed by atoms with Gasteiger partial charge in [0, 0.05) is 5.69 Å². The van der Waals surface area contributed by atoms with E-state index in [0.717, 1.165) is 5.69 Å². The van der Waals surface area contributed by atoms with Crippen molar-refractivity contribution >= 4 is 45.8 Å². The van der Waals surface area contributed by atoms with Crippen molar-refractivity contribution in [3.05, 3.63) is 29.8 Å². The lowest BCUT2D eigenvalue weighted by atomic mass is 9.87. The zero-order chi connectivity index (χ0) is 15.6. The van der Waals surface area contributed by atoms with Gasteiger partial charge in [-0.05, 0) is 23.1 Å². The van der Waals surface area contributed by atoms with E-state index in [9.17, 15) is 9.59 Å². The van der Waals surface area contributed by atoms with Crippen molar-refractivity contribution in [3.8, 4) is 0 Å². The first-order valence-electron chi connectivity index (χ1n) is 6.65. The van der Waals surface area contributed by atoms with Crippen molar-refractivity contribution in [1.82, 2.24) is 4.90 Å². The average molecular weight is 322 g/mol. The summed E-state index contributed by atoms with van der Waals surface area (Å²) >= 11 is 6.34. The molecule has 0 spiro atoms. The van der Waals surface area contributed by atoms with Crippen LogP contribution in [0.1, 0.15) is 26.3 Å². The number of thiocarbonyl (C=S) groups is 1. The Labute approximate surface area is 134 Å². The van der Waals surface area contributed by atoms with Gasteiger partial charge in [-0.15, -0.1) is 0 Å². The maximum atomic E-state index is 12.0. The highest BCUT2D eigenvalue weighted by Crippen LogP contribution is 2.23. The first-order valence-corrected chi connectivity index (χ1v) is 8.04. The Balaban J connectivity index is 1.97. The van der Waals surface area contributed by atoms with Crippen LogP contribution >= 0.6 is 24.0 Å². The predicted molar refractivity (Wildman–Crippen MR) is 90.5 cm³/mol. The van der Waals surface area contributed by atoms with E-state index in [4.69, 9.17) is 12.2 Å². The lowest BCUT2D eigenvalue weighted by Gasteiger charge is -2.19. The summed E-state index contributed by atoms with van der Waals surface area (Å²) in [4.78, 5) is 24.9. The molecule has 0 aromatic heterocycles. The molecular formula is C15H18N2O2S2. The number of carbonyl (C=O) groups is 2. The molecule has 0 atom stereocenters. The highest BCUT2D eigenvalue weighted by Gasteiger charge is 2.28. The van der Waals surface area contributed by atoms with Crippen LogP contribution in [0.4, 0.5) is 5.69 Å². The molecule has 6 heteroatoms. The zero-order valence-electron chi connectivity index (χ0n) is 12.3. The summed E-state index contributed by atoms with van der Waals surface area (Å²) in [5.41, 5.74) is 2.00. The Hall–Kier alpha value is -1.40. The van der Waals surface area contributed by atoms with Gasteiger partial charge in [0.15, 0.2) is 0 Å². The smallest absolute Gasteiger partial charge is 0.244 e. The number of nitrogens with zero attached hydrogens (tertiary/aromatic N) is 1. The van der Waals surface area contributed by atoms with Gasteiger partial charge in [0.05, 0.1) is 5.75 Å². The van der Waals surface area contributed by atoms with Gasteiger partial charge >= 0.3 is 0 Å². The lowest BCUT2D eigenvalue weighted by Crippen LogP contribution is -2.36. The van der Waals surface area contributed by atoms with Crippen LogP contribution in [0.15, 0.2) is 24.3 Å². The summed E-state index contributed by atoms with van der Waals surface area (Å²) < 4.78 is 0.471. The fourth-order valence-electron chi connectivity index (χ4n) is 1.93. The third-order valence-electron chi connectivity index (χ3n) is 3.18. The van der Waals surface area contributed by atoms with Crippen molar-refractivity contribution < 1.29 is 9.59 Å². The van der Waals surface area contributed by atoms with Crippen molar-refractivity contribution in [3.63, 3.8) is 0 Å². The summed E-state index contributed by atoms with van der Waals surface area (Å²) in [6.45, 7) is 6.39. The Bertz CT molecular complexity index is 560. The molecule has 1 saturated heterocycles. The van der Waals surface area contributed by atoms with E-state index in [1.165, 1.54) is 22.2 Å². The minimum Gasteiger partial charge on any atom is -0.325 e. The van der Waals surface area contributed by atoms with E-state index in [1.807, 2.05) is 24.3 Å². The number of benzene rings is 1. The van der Waals surface area contributed by atoms with Crippen LogP contribution in [-0.4, -0.2) is 33.3 Å². The van der Waals surface area contributed by atoms with Gasteiger partial charge in [0.2, 0.25) is 11.8 Å². The molecule has 1 aliphatic heterocycles. The molecule has 0 saturated carbocycles. The van der Waals surface area contributed by atoms with Gasteiger partial charge in [-0.25, -0.2) is 0 Å². The van der Waals surface area contributed by atoms with Crippen LogP contribution in [0, 0.1) is 0 Å². The van der Waals surface area contributed by atoms with Crippen LogP contribution in [0.3, 0.4) is 0 Å². The summed E-state index contributed by atoms with van der Waals surface area (Å²) in [5, 5.41) is 2.79. The summed E-state index contributed by atoms with van der Waals surface area (Å²) in [6, 6.07) is 7.74. The van der Waals surface area contributed by atoms with Crippen LogP contribution < -0.4 is 5.32 Å². The van der Waals surface area contributed by atoms with Crippen LogP contribution in [0.25, 0.3) is 0 Å². The molecule has 2 rings (SSSR count). The first-order chi connectivity index (χ1) is 9.77. The summed E-state index contributed by atoms with van der Waals surface area (Å²) in [7, 11) is 0. The molecule has 0 bridgehead atoms. The Morgan fingerprint density at radius 1 is 1.33 bits per heavy atom. The molecule has 1 aromatic rings. The highest BCUT2D eigenvalue weighted by molar-refractivity contribution is 8.23. The molecular weight excluding hydrogens is 304 g/mol. The van der Waals surface area contributed by atoms with Crippen molar-refractivity contribution in [1.29, 1.82) is 0 Å². The number of rotatable bonds is 3. The predicted octanol–water partition coefficient (Wildman–Crippen LogP) is 2.78. The lowest BCUT2D eigenvalue weighted by molar-refractivity contribution is -0.127. The third-order valence-corrected chi connectivity index (χ3v) is 4.61. The molecule has 0 aliphatic carbocycles. The second-order valence-electron chi connectivity index (χ2n) is 5.91. The maximum absolute atomic E-state index is 12.0. The number of hydrogen-bond acceptors (Lipinski definition) is 4. The van der Waals surface area contributed by atoms with Crippen LogP contribution in [0.5, 0.6) is 0 Å². The summed E-state index contributed by atoms with van der Waals surface area (Å²) in [6.07, 6.45) is 0. The molecule has 1 N–H and O–H groups in total. The molecule has 1 fully saturated rings. The molecule has 0 radical (unpaired) electrons. The highest BCUT2D eigenvalue weighted by atomic mass is 32.2. The molecule has 2 amide bonds. The fraction of sp³-hybridized carbons (Fsp3) is 0.400. The first kappa shape index (κ1) is 16.0. The van der Waals surface area contributed by atoms with E-state index in [2.05, 4.69) is 26.1 Å². The van der Waals surface area contributed by atoms with E-state index >= 15 is 0 Å². The topological polar surface area (TPSA) is 49.4 Å². The van der Waals surface area contributed by atoms with Crippen molar-refractivity contribution in [2.75, 3.05) is 17.6 Å². The Kier molecular flexibility index (Phi) is 4.68. The SMILES string of the molecule is CC(C)(C)c1ccc(NC(=O)CN2C(=O)CSC2=S)cc1. The largest absolute Gasteiger partial charge is 0.325 e. The van der Waals surface area contributed by atoms with E-state index < -0.39 is 0 Å². The molecule has 1 heterocycles. The van der Waals surface area contributed by atoms with Gasteiger partial charge in [-0.3, -0.25) is 14.5 Å². The third kappa shape index (κ3) is 4.04. The van der Waals surface area contributed by atoms with Crippen LogP contribution in [-0.2, 0) is 15.0 Å². The van der Waals surface area contributed by atoms with Gasteiger partial charge in [0.25, 0.3) is 0 Å². The fourth-order valence-corrected chi connectivity index (χ4v) is 3.00. The van der Waals surface area contributed by atoms with Gasteiger partial charge < -0.3 is 5.32 Å². The molecule has 0 unspecified atom stereocenters. The van der Waals surface area contributed by atoms with Crippen molar-refractivity contribution in [2.45, 2.75) is 26.2 Å². The molecule has 112 valence electrons. The number of anilines is 1. The van der Waals surface area contributed by atoms with E-state index in [1.54, 1.807) is 0 Å². The van der Waals surface area contributed by atoms with Crippen LogP contribution in [0.2, 0.25) is 0 Å².